The molecule has 25 heavy (non-hydrogen) atoms. The van der Waals surface area contributed by atoms with E-state index in [1.165, 1.54) is 0 Å². The first-order valence-electron chi connectivity index (χ1n) is 7.82. The molecule has 0 atom stereocenters. The highest BCUT2D eigenvalue weighted by Crippen LogP contribution is 2.32. The Hall–Kier alpha value is -3.02. The summed E-state index contributed by atoms with van der Waals surface area (Å²) in [4.78, 5) is 23.9. The van der Waals surface area contributed by atoms with Crippen LogP contribution in [0, 0.1) is 13.8 Å². The third-order valence-corrected chi connectivity index (χ3v) is 3.96. The van der Waals surface area contributed by atoms with Crippen molar-refractivity contribution in [2.75, 3.05) is 20.0 Å². The van der Waals surface area contributed by atoms with Gasteiger partial charge >= 0.3 is 5.97 Å². The molecule has 1 heterocycles. The molecule has 2 aromatic carbocycles. The van der Waals surface area contributed by atoms with E-state index in [-0.39, 0.29) is 25.8 Å². The second kappa shape index (κ2) is 7.25. The van der Waals surface area contributed by atoms with Gasteiger partial charge in [0.25, 0.3) is 0 Å². The molecule has 0 saturated carbocycles. The fourth-order valence-corrected chi connectivity index (χ4v) is 2.36. The highest BCUT2D eigenvalue weighted by atomic mass is 16.7. The predicted molar refractivity (Wildman–Crippen MR) is 89.3 cm³/mol. The summed E-state index contributed by atoms with van der Waals surface area (Å²) in [6.45, 7) is 3.41. The fraction of sp³-hybridized carbons (Fsp3) is 0.263. The molecule has 0 amide bonds. The Morgan fingerprint density at radius 3 is 2.68 bits per heavy atom. The molecule has 0 N–H and O–H groups in total. The third-order valence-electron chi connectivity index (χ3n) is 3.96. The summed E-state index contributed by atoms with van der Waals surface area (Å²) >= 11 is 0. The smallest absolute Gasteiger partial charge is 0.344 e. The number of carbonyl (C=O) groups is 2. The van der Waals surface area contributed by atoms with E-state index >= 15 is 0 Å². The van der Waals surface area contributed by atoms with Crippen LogP contribution in [0.25, 0.3) is 0 Å². The topological polar surface area (TPSA) is 71.1 Å². The van der Waals surface area contributed by atoms with Crippen molar-refractivity contribution in [1.29, 1.82) is 0 Å². The molecule has 0 fully saturated rings. The minimum atomic E-state index is -0.602. The van der Waals surface area contributed by atoms with Gasteiger partial charge in [-0.1, -0.05) is 12.1 Å². The Morgan fingerprint density at radius 2 is 1.84 bits per heavy atom. The lowest BCUT2D eigenvalue weighted by molar-refractivity contribution is -0.144. The van der Waals surface area contributed by atoms with Crippen molar-refractivity contribution < 1.29 is 28.5 Å². The Kier molecular flexibility index (Phi) is 4.88. The number of hydrogen-bond acceptors (Lipinski definition) is 6. The van der Waals surface area contributed by atoms with Crippen molar-refractivity contribution in [3.63, 3.8) is 0 Å². The van der Waals surface area contributed by atoms with E-state index in [9.17, 15) is 9.59 Å². The van der Waals surface area contributed by atoms with Gasteiger partial charge in [-0.15, -0.1) is 0 Å². The molecule has 0 radical (unpaired) electrons. The lowest BCUT2D eigenvalue weighted by Gasteiger charge is -2.10. The molecule has 0 unspecified atom stereocenters. The highest BCUT2D eigenvalue weighted by Gasteiger charge is 2.17. The zero-order chi connectivity index (χ0) is 17.8. The zero-order valence-electron chi connectivity index (χ0n) is 14.0. The fourth-order valence-electron chi connectivity index (χ4n) is 2.36. The van der Waals surface area contributed by atoms with E-state index in [2.05, 4.69) is 0 Å². The zero-order valence-corrected chi connectivity index (χ0v) is 14.0. The lowest BCUT2D eigenvalue weighted by atomic mass is 10.1. The predicted octanol–water partition coefficient (Wildman–Crippen LogP) is 2.84. The van der Waals surface area contributed by atoms with Crippen LogP contribution in [0.5, 0.6) is 17.2 Å². The first-order valence-corrected chi connectivity index (χ1v) is 7.82. The average molecular weight is 342 g/mol. The Bertz CT molecular complexity index is 812. The van der Waals surface area contributed by atoms with Gasteiger partial charge in [-0.3, -0.25) is 4.79 Å². The minimum absolute atomic E-state index is 0.137. The number of aryl methyl sites for hydroxylation is 1. The molecule has 2 aromatic rings. The summed E-state index contributed by atoms with van der Waals surface area (Å²) in [6, 6.07) is 10.4. The number of ether oxygens (including phenoxy) is 4. The van der Waals surface area contributed by atoms with E-state index < -0.39 is 5.97 Å². The van der Waals surface area contributed by atoms with Crippen molar-refractivity contribution in [2.24, 2.45) is 0 Å². The number of carbonyl (C=O) groups excluding carboxylic acids is 2. The first kappa shape index (κ1) is 16.8. The van der Waals surface area contributed by atoms with Crippen LogP contribution in [0.3, 0.4) is 0 Å². The second-order valence-electron chi connectivity index (χ2n) is 5.64. The number of hydrogen-bond donors (Lipinski definition) is 0. The van der Waals surface area contributed by atoms with Crippen molar-refractivity contribution in [1.82, 2.24) is 0 Å². The van der Waals surface area contributed by atoms with Crippen LogP contribution in [0.1, 0.15) is 21.5 Å². The van der Waals surface area contributed by atoms with Crippen molar-refractivity contribution in [2.45, 2.75) is 13.8 Å². The average Bonchev–Trinajstić information content (AvgIpc) is 3.08. The number of fused-ring (bicyclic) bond motifs is 1. The molecule has 6 heteroatoms. The molecule has 130 valence electrons. The van der Waals surface area contributed by atoms with Crippen LogP contribution in [-0.2, 0) is 9.53 Å². The molecule has 0 bridgehead atoms. The monoisotopic (exact) mass is 342 g/mol. The molecule has 6 nitrogen and oxygen atoms in total. The number of Topliss-reactive ketones (excluding diaryl/α,β-unsaturated/α-hetero) is 1. The standard InChI is InChI=1S/C19H18O6/c1-12-4-3-5-16(13(12)2)22-10-19(21)23-9-15(20)14-6-7-17-18(8-14)25-11-24-17/h3-8H,9-11H2,1-2H3. The van der Waals surface area contributed by atoms with Crippen molar-refractivity contribution in [3.05, 3.63) is 53.1 Å². The van der Waals surface area contributed by atoms with Gasteiger partial charge in [-0.25, -0.2) is 4.79 Å². The van der Waals surface area contributed by atoms with E-state index in [0.717, 1.165) is 11.1 Å². The molecule has 0 saturated heterocycles. The maximum Gasteiger partial charge on any atom is 0.344 e. The quantitative estimate of drug-likeness (QED) is 0.594. The SMILES string of the molecule is Cc1cccc(OCC(=O)OCC(=O)c2ccc3c(c2)OCO3)c1C. The molecule has 0 aliphatic carbocycles. The third kappa shape index (κ3) is 3.91. The first-order chi connectivity index (χ1) is 12.0. The lowest BCUT2D eigenvalue weighted by Crippen LogP contribution is -2.19. The van der Waals surface area contributed by atoms with Crippen molar-refractivity contribution >= 4 is 11.8 Å². The van der Waals surface area contributed by atoms with Crippen LogP contribution >= 0.6 is 0 Å². The van der Waals surface area contributed by atoms with Gasteiger partial charge in [0, 0.05) is 5.56 Å². The van der Waals surface area contributed by atoms with Gasteiger partial charge < -0.3 is 18.9 Å². The molecule has 1 aliphatic rings. The van der Waals surface area contributed by atoms with Crippen LogP contribution < -0.4 is 14.2 Å². The van der Waals surface area contributed by atoms with Gasteiger partial charge in [0.1, 0.15) is 5.75 Å². The molecule has 0 spiro atoms. The Balaban J connectivity index is 1.50. The molecular weight excluding hydrogens is 324 g/mol. The van der Waals surface area contributed by atoms with Gasteiger partial charge in [-0.05, 0) is 49.2 Å². The molecular formula is C19H18O6. The second-order valence-corrected chi connectivity index (χ2v) is 5.64. The van der Waals surface area contributed by atoms with E-state index in [4.69, 9.17) is 18.9 Å². The van der Waals surface area contributed by atoms with Crippen LogP contribution in [0.4, 0.5) is 0 Å². The maximum atomic E-state index is 12.1. The summed E-state index contributed by atoms with van der Waals surface area (Å²) in [6.07, 6.45) is 0. The van der Waals surface area contributed by atoms with E-state index in [1.807, 2.05) is 26.0 Å². The van der Waals surface area contributed by atoms with Gasteiger partial charge in [0.05, 0.1) is 0 Å². The summed E-state index contributed by atoms with van der Waals surface area (Å²) in [5.74, 6) is 0.804. The van der Waals surface area contributed by atoms with Gasteiger partial charge in [-0.2, -0.15) is 0 Å². The number of esters is 1. The highest BCUT2D eigenvalue weighted by molar-refractivity contribution is 5.98. The number of benzene rings is 2. The van der Waals surface area contributed by atoms with Gasteiger partial charge in [0.15, 0.2) is 30.5 Å². The largest absolute Gasteiger partial charge is 0.482 e. The summed E-state index contributed by atoms with van der Waals surface area (Å²) < 4.78 is 20.8. The van der Waals surface area contributed by atoms with Crippen LogP contribution in [-0.4, -0.2) is 31.8 Å². The summed E-state index contributed by atoms with van der Waals surface area (Å²) in [7, 11) is 0. The normalized spacial score (nSPS) is 11.9. The van der Waals surface area contributed by atoms with Gasteiger partial charge in [0.2, 0.25) is 6.79 Å². The van der Waals surface area contributed by atoms with Crippen LogP contribution in [0.2, 0.25) is 0 Å². The molecule has 1 aliphatic heterocycles. The maximum absolute atomic E-state index is 12.1. The summed E-state index contributed by atoms with van der Waals surface area (Å²) in [5, 5.41) is 0. The van der Waals surface area contributed by atoms with E-state index in [1.54, 1.807) is 24.3 Å². The molecule has 3 rings (SSSR count). The Morgan fingerprint density at radius 1 is 1.04 bits per heavy atom. The number of ketones is 1. The minimum Gasteiger partial charge on any atom is -0.482 e. The van der Waals surface area contributed by atoms with Crippen molar-refractivity contribution in [3.8, 4) is 17.2 Å². The number of rotatable bonds is 6. The van der Waals surface area contributed by atoms with E-state index in [0.29, 0.717) is 22.8 Å². The molecule has 0 aromatic heterocycles. The Labute approximate surface area is 145 Å². The summed E-state index contributed by atoms with van der Waals surface area (Å²) in [5.41, 5.74) is 2.43. The van der Waals surface area contributed by atoms with Crippen LogP contribution in [0.15, 0.2) is 36.4 Å².